The molecule has 0 aliphatic carbocycles. The van der Waals surface area contributed by atoms with Crippen LogP contribution in [0.2, 0.25) is 0 Å². The molecule has 2 aromatic rings. The van der Waals surface area contributed by atoms with E-state index in [1.165, 1.54) is 19.0 Å². The number of amides is 2. The summed E-state index contributed by atoms with van der Waals surface area (Å²) in [6, 6.07) is 16.7. The van der Waals surface area contributed by atoms with Crippen molar-refractivity contribution in [1.82, 2.24) is 10.2 Å². The van der Waals surface area contributed by atoms with Gasteiger partial charge in [0.2, 0.25) is 0 Å². The summed E-state index contributed by atoms with van der Waals surface area (Å²) in [5.41, 5.74) is 1.64. The zero-order valence-electron chi connectivity index (χ0n) is 16.0. The van der Waals surface area contributed by atoms with E-state index in [2.05, 4.69) is 5.32 Å². The van der Waals surface area contributed by atoms with Crippen molar-refractivity contribution >= 4 is 18.0 Å². The molecule has 1 N–H and O–H groups in total. The Morgan fingerprint density at radius 3 is 1.86 bits per heavy atom. The number of nitrogens with one attached hydrogen (secondary N) is 1. The maximum atomic E-state index is 12.4. The van der Waals surface area contributed by atoms with Gasteiger partial charge in [-0.3, -0.25) is 4.79 Å². The number of rotatable bonds is 8. The molecule has 0 aromatic heterocycles. The number of esters is 2. The Labute approximate surface area is 164 Å². The highest BCUT2D eigenvalue weighted by Crippen LogP contribution is 2.07. The molecule has 2 aromatic carbocycles. The molecule has 0 fully saturated rings. The van der Waals surface area contributed by atoms with Crippen LogP contribution < -0.4 is 5.32 Å². The third-order valence-electron chi connectivity index (χ3n) is 3.83. The second-order valence-electron chi connectivity index (χ2n) is 6.34. The molecule has 0 aliphatic rings. The van der Waals surface area contributed by atoms with E-state index >= 15 is 0 Å². The normalized spacial score (nSPS) is 11.2. The average Bonchev–Trinajstić information content (AvgIpc) is 2.71. The maximum Gasteiger partial charge on any atom is 0.329 e. The minimum Gasteiger partial charge on any atom is -0.461 e. The molecule has 0 spiro atoms. The van der Waals surface area contributed by atoms with Gasteiger partial charge in [0.05, 0.1) is 6.42 Å². The Morgan fingerprint density at radius 1 is 0.857 bits per heavy atom. The second-order valence-corrected chi connectivity index (χ2v) is 6.34. The minimum atomic E-state index is -1.14. The summed E-state index contributed by atoms with van der Waals surface area (Å²) in [5, 5.41) is 2.49. The lowest BCUT2D eigenvalue weighted by atomic mass is 10.2. The number of urea groups is 1. The fraction of sp³-hybridized carbons (Fsp3) is 0.286. The largest absolute Gasteiger partial charge is 0.461 e. The van der Waals surface area contributed by atoms with Crippen LogP contribution in [0.4, 0.5) is 4.79 Å². The van der Waals surface area contributed by atoms with Gasteiger partial charge in [-0.2, -0.15) is 0 Å². The maximum absolute atomic E-state index is 12.4. The smallest absolute Gasteiger partial charge is 0.329 e. The van der Waals surface area contributed by atoms with E-state index in [0.717, 1.165) is 11.1 Å². The van der Waals surface area contributed by atoms with Crippen LogP contribution in [0.3, 0.4) is 0 Å². The van der Waals surface area contributed by atoms with E-state index in [-0.39, 0.29) is 19.6 Å². The summed E-state index contributed by atoms with van der Waals surface area (Å²) in [7, 11) is 3.07. The van der Waals surface area contributed by atoms with Gasteiger partial charge >= 0.3 is 18.0 Å². The number of hydrogen-bond acceptors (Lipinski definition) is 5. The van der Waals surface area contributed by atoms with Gasteiger partial charge in [0.25, 0.3) is 0 Å². The van der Waals surface area contributed by atoms with E-state index in [0.29, 0.717) is 0 Å². The molecule has 1 atom stereocenters. The molecule has 0 saturated carbocycles. The molecule has 0 saturated heterocycles. The van der Waals surface area contributed by atoms with Crippen molar-refractivity contribution < 1.29 is 23.9 Å². The van der Waals surface area contributed by atoms with E-state index in [1.807, 2.05) is 60.7 Å². The van der Waals surface area contributed by atoms with Gasteiger partial charge in [0.15, 0.2) is 0 Å². The highest BCUT2D eigenvalue weighted by molar-refractivity contribution is 5.87. The average molecular weight is 384 g/mol. The van der Waals surface area contributed by atoms with Gasteiger partial charge in [-0.05, 0) is 11.1 Å². The standard InChI is InChI=1S/C21H24N2O5/c1-23(2)21(26)22-18(20(25)28-15-17-11-7-4-8-12-17)13-19(24)27-14-16-9-5-3-6-10-16/h3-12,18H,13-15H2,1-2H3,(H,22,26). The van der Waals surface area contributed by atoms with Crippen LogP contribution in [-0.2, 0) is 32.3 Å². The highest BCUT2D eigenvalue weighted by Gasteiger charge is 2.27. The summed E-state index contributed by atoms with van der Waals surface area (Å²) in [5.74, 6) is -1.31. The lowest BCUT2D eigenvalue weighted by Gasteiger charge is -2.20. The number of carbonyl (C=O) groups is 3. The first-order chi connectivity index (χ1) is 13.5. The molecule has 1 unspecified atom stereocenters. The molecule has 148 valence electrons. The number of hydrogen-bond donors (Lipinski definition) is 1. The molecule has 0 aliphatic heterocycles. The molecule has 7 heteroatoms. The summed E-state index contributed by atoms with van der Waals surface area (Å²) in [4.78, 5) is 37.8. The van der Waals surface area contributed by atoms with E-state index in [1.54, 1.807) is 0 Å². The molecule has 0 radical (unpaired) electrons. The molecule has 0 bridgehead atoms. The van der Waals surface area contributed by atoms with Crippen LogP contribution >= 0.6 is 0 Å². The third kappa shape index (κ3) is 7.11. The van der Waals surface area contributed by atoms with Crippen LogP contribution in [-0.4, -0.2) is 43.0 Å². The Bertz CT molecular complexity index is 778. The van der Waals surface area contributed by atoms with Crippen molar-refractivity contribution in [3.05, 3.63) is 71.8 Å². The molecule has 7 nitrogen and oxygen atoms in total. The Kier molecular flexibility index (Phi) is 8.02. The van der Waals surface area contributed by atoms with Crippen molar-refractivity contribution in [3.63, 3.8) is 0 Å². The van der Waals surface area contributed by atoms with Crippen LogP contribution in [0.1, 0.15) is 17.5 Å². The molecular formula is C21H24N2O5. The van der Waals surface area contributed by atoms with E-state index in [4.69, 9.17) is 9.47 Å². The van der Waals surface area contributed by atoms with Gasteiger partial charge in [-0.1, -0.05) is 60.7 Å². The highest BCUT2D eigenvalue weighted by atomic mass is 16.5. The van der Waals surface area contributed by atoms with Crippen LogP contribution in [0, 0.1) is 0 Å². The monoisotopic (exact) mass is 384 g/mol. The SMILES string of the molecule is CN(C)C(=O)NC(CC(=O)OCc1ccccc1)C(=O)OCc1ccccc1. The zero-order chi connectivity index (χ0) is 20.4. The summed E-state index contributed by atoms with van der Waals surface area (Å²) >= 11 is 0. The molecule has 0 heterocycles. The molecule has 2 rings (SSSR count). The lowest BCUT2D eigenvalue weighted by molar-refractivity contribution is -0.153. The fourth-order valence-electron chi connectivity index (χ4n) is 2.26. The van der Waals surface area contributed by atoms with Crippen molar-refractivity contribution in [2.24, 2.45) is 0 Å². The fourth-order valence-corrected chi connectivity index (χ4v) is 2.26. The van der Waals surface area contributed by atoms with Gasteiger partial charge in [0.1, 0.15) is 19.3 Å². The zero-order valence-corrected chi connectivity index (χ0v) is 16.0. The minimum absolute atomic E-state index is 0.0487. The van der Waals surface area contributed by atoms with Crippen molar-refractivity contribution in [3.8, 4) is 0 Å². The number of benzene rings is 2. The second kappa shape index (κ2) is 10.7. The van der Waals surface area contributed by atoms with E-state index in [9.17, 15) is 14.4 Å². The van der Waals surface area contributed by atoms with Crippen LogP contribution in [0.5, 0.6) is 0 Å². The summed E-state index contributed by atoms with van der Waals surface area (Å²) in [6.07, 6.45) is -0.319. The van der Waals surface area contributed by atoms with Crippen molar-refractivity contribution in [2.75, 3.05) is 14.1 Å². The first-order valence-electron chi connectivity index (χ1n) is 8.83. The topological polar surface area (TPSA) is 84.9 Å². The molecule has 2 amide bonds. The quantitative estimate of drug-likeness (QED) is 0.707. The summed E-state index contributed by atoms with van der Waals surface area (Å²) in [6.45, 7) is 0.139. The Morgan fingerprint density at radius 2 is 1.36 bits per heavy atom. The third-order valence-corrected chi connectivity index (χ3v) is 3.83. The van der Waals surface area contributed by atoms with E-state index < -0.39 is 24.0 Å². The first kappa shape index (κ1) is 21.0. The lowest BCUT2D eigenvalue weighted by Crippen LogP contribution is -2.47. The summed E-state index contributed by atoms with van der Waals surface area (Å²) < 4.78 is 10.5. The van der Waals surface area contributed by atoms with Gasteiger partial charge in [-0.25, -0.2) is 9.59 Å². The molecular weight excluding hydrogens is 360 g/mol. The van der Waals surface area contributed by atoms with Crippen LogP contribution in [0.25, 0.3) is 0 Å². The van der Waals surface area contributed by atoms with Crippen molar-refractivity contribution in [2.45, 2.75) is 25.7 Å². The van der Waals surface area contributed by atoms with Gasteiger partial charge < -0.3 is 19.7 Å². The first-order valence-corrected chi connectivity index (χ1v) is 8.83. The number of ether oxygens (including phenoxy) is 2. The Balaban J connectivity index is 1.94. The predicted molar refractivity (Wildman–Crippen MR) is 103 cm³/mol. The predicted octanol–water partition coefficient (Wildman–Crippen LogP) is 2.50. The van der Waals surface area contributed by atoms with Gasteiger partial charge in [-0.15, -0.1) is 0 Å². The molecule has 28 heavy (non-hydrogen) atoms. The van der Waals surface area contributed by atoms with Gasteiger partial charge in [0, 0.05) is 14.1 Å². The van der Waals surface area contributed by atoms with Crippen molar-refractivity contribution in [1.29, 1.82) is 0 Å². The number of carbonyl (C=O) groups excluding carboxylic acids is 3. The van der Waals surface area contributed by atoms with Crippen LogP contribution in [0.15, 0.2) is 60.7 Å². The number of nitrogens with zero attached hydrogens (tertiary/aromatic N) is 1. The Hall–Kier alpha value is -3.35.